The topological polar surface area (TPSA) is 74.2 Å². The van der Waals surface area contributed by atoms with Crippen molar-refractivity contribution >= 4 is 22.5 Å². The third kappa shape index (κ3) is 3.78. The Bertz CT molecular complexity index is 726. The first-order chi connectivity index (χ1) is 11.2. The number of nitrogens with one attached hydrogen (secondary N) is 2. The number of anilines is 1. The molecule has 0 saturated carbocycles. The maximum absolute atomic E-state index is 12.0. The standard InChI is InChI=1S/C17H19N3O2S/c1-11-4-2-3-5-14(11)15-9-18-17(23-15)20-16(22)19-13-7-6-12(8-13)10-21/h2-7,9,12-13,21H,8,10H2,1H3,(H2,18,19,20,22)/t12-,13+/m0/s1. The lowest BCUT2D eigenvalue weighted by Crippen LogP contribution is -2.36. The molecule has 120 valence electrons. The Labute approximate surface area is 139 Å². The van der Waals surface area contributed by atoms with E-state index in [1.165, 1.54) is 16.9 Å². The van der Waals surface area contributed by atoms with Gasteiger partial charge in [0.25, 0.3) is 0 Å². The van der Waals surface area contributed by atoms with Gasteiger partial charge in [-0.2, -0.15) is 0 Å². The molecule has 6 heteroatoms. The van der Waals surface area contributed by atoms with Crippen LogP contribution in [-0.4, -0.2) is 28.8 Å². The van der Waals surface area contributed by atoms with E-state index < -0.39 is 0 Å². The minimum atomic E-state index is -0.274. The molecule has 3 N–H and O–H groups in total. The van der Waals surface area contributed by atoms with Crippen molar-refractivity contribution in [3.8, 4) is 10.4 Å². The Morgan fingerprint density at radius 1 is 1.39 bits per heavy atom. The summed E-state index contributed by atoms with van der Waals surface area (Å²) in [5.41, 5.74) is 2.31. The molecule has 1 aromatic heterocycles. The number of carbonyl (C=O) groups is 1. The number of thiazole rings is 1. The van der Waals surface area contributed by atoms with E-state index in [4.69, 9.17) is 5.11 Å². The zero-order valence-corrected chi connectivity index (χ0v) is 13.6. The minimum Gasteiger partial charge on any atom is -0.396 e. The number of hydrogen-bond donors (Lipinski definition) is 3. The van der Waals surface area contributed by atoms with E-state index in [-0.39, 0.29) is 24.6 Å². The van der Waals surface area contributed by atoms with E-state index in [2.05, 4.69) is 28.6 Å². The molecule has 0 saturated heterocycles. The number of benzene rings is 1. The minimum absolute atomic E-state index is 0.0389. The number of carbonyl (C=O) groups excluding carboxylic acids is 1. The summed E-state index contributed by atoms with van der Waals surface area (Å²) < 4.78 is 0. The second-order valence-corrected chi connectivity index (χ2v) is 6.64. The van der Waals surface area contributed by atoms with Gasteiger partial charge in [0.15, 0.2) is 5.13 Å². The number of aryl methyl sites for hydroxylation is 1. The van der Waals surface area contributed by atoms with Crippen molar-refractivity contribution in [1.29, 1.82) is 0 Å². The van der Waals surface area contributed by atoms with E-state index in [1.54, 1.807) is 6.20 Å². The molecular formula is C17H19N3O2S. The average Bonchev–Trinajstić information content (AvgIpc) is 3.17. The van der Waals surface area contributed by atoms with E-state index in [1.807, 2.05) is 30.4 Å². The highest BCUT2D eigenvalue weighted by atomic mass is 32.1. The van der Waals surface area contributed by atoms with Crippen molar-refractivity contribution in [3.63, 3.8) is 0 Å². The highest BCUT2D eigenvalue weighted by molar-refractivity contribution is 7.19. The number of nitrogens with zero attached hydrogens (tertiary/aromatic N) is 1. The van der Waals surface area contributed by atoms with E-state index in [0.717, 1.165) is 16.9 Å². The van der Waals surface area contributed by atoms with E-state index in [9.17, 15) is 4.79 Å². The van der Waals surface area contributed by atoms with Crippen molar-refractivity contribution < 1.29 is 9.90 Å². The summed E-state index contributed by atoms with van der Waals surface area (Å²) in [5.74, 6) is 0.132. The van der Waals surface area contributed by atoms with Crippen LogP contribution >= 0.6 is 11.3 Å². The molecule has 0 unspecified atom stereocenters. The Morgan fingerprint density at radius 3 is 2.96 bits per heavy atom. The summed E-state index contributed by atoms with van der Waals surface area (Å²) in [6.45, 7) is 2.17. The molecule has 2 aromatic rings. The lowest BCUT2D eigenvalue weighted by Gasteiger charge is -2.12. The van der Waals surface area contributed by atoms with Gasteiger partial charge in [0, 0.05) is 24.8 Å². The lowest BCUT2D eigenvalue weighted by atomic mass is 10.1. The van der Waals surface area contributed by atoms with E-state index in [0.29, 0.717) is 5.13 Å². The second-order valence-electron chi connectivity index (χ2n) is 5.61. The van der Waals surface area contributed by atoms with Crippen molar-refractivity contribution in [2.75, 3.05) is 11.9 Å². The second kappa shape index (κ2) is 6.93. The van der Waals surface area contributed by atoms with Gasteiger partial charge in [-0.05, 0) is 24.5 Å². The van der Waals surface area contributed by atoms with Gasteiger partial charge in [-0.25, -0.2) is 9.78 Å². The number of aliphatic hydroxyl groups excluding tert-OH is 1. The first kappa shape index (κ1) is 15.7. The molecule has 1 aliphatic carbocycles. The molecule has 0 bridgehead atoms. The summed E-state index contributed by atoms with van der Waals surface area (Å²) >= 11 is 1.45. The van der Waals surface area contributed by atoms with Crippen LogP contribution in [0.5, 0.6) is 0 Å². The summed E-state index contributed by atoms with van der Waals surface area (Å²) in [6.07, 6.45) is 6.36. The third-order valence-corrected chi connectivity index (χ3v) is 4.81. The third-order valence-electron chi connectivity index (χ3n) is 3.86. The van der Waals surface area contributed by atoms with Gasteiger partial charge in [0.2, 0.25) is 0 Å². The Hall–Kier alpha value is -2.18. The lowest BCUT2D eigenvalue weighted by molar-refractivity contribution is 0.238. The molecule has 5 nitrogen and oxygen atoms in total. The molecule has 1 aromatic carbocycles. The predicted octanol–water partition coefficient (Wildman–Crippen LogP) is 3.18. The zero-order valence-electron chi connectivity index (χ0n) is 12.8. The quantitative estimate of drug-likeness (QED) is 0.754. The molecule has 2 atom stereocenters. The smallest absolute Gasteiger partial charge is 0.321 e. The van der Waals surface area contributed by atoms with Crippen molar-refractivity contribution in [1.82, 2.24) is 10.3 Å². The summed E-state index contributed by atoms with van der Waals surface area (Å²) in [5, 5.41) is 15.3. The van der Waals surface area contributed by atoms with Gasteiger partial charge < -0.3 is 10.4 Å². The first-order valence-corrected chi connectivity index (χ1v) is 8.36. The molecule has 1 heterocycles. The van der Waals surface area contributed by atoms with Gasteiger partial charge >= 0.3 is 6.03 Å². The largest absolute Gasteiger partial charge is 0.396 e. The fraction of sp³-hybridized carbons (Fsp3) is 0.294. The molecule has 0 fully saturated rings. The van der Waals surface area contributed by atoms with Gasteiger partial charge in [0.1, 0.15) is 0 Å². The summed E-state index contributed by atoms with van der Waals surface area (Å²) in [6, 6.07) is 7.78. The van der Waals surface area contributed by atoms with Crippen LogP contribution in [-0.2, 0) is 0 Å². The number of urea groups is 1. The fourth-order valence-corrected chi connectivity index (χ4v) is 3.53. The monoisotopic (exact) mass is 329 g/mol. The van der Waals surface area contributed by atoms with Crippen molar-refractivity contribution in [3.05, 3.63) is 48.2 Å². The molecule has 3 rings (SSSR count). The number of aromatic nitrogens is 1. The number of aliphatic hydroxyl groups is 1. The van der Waals surface area contributed by atoms with Crippen LogP contribution in [0.2, 0.25) is 0 Å². The maximum atomic E-state index is 12.0. The van der Waals surface area contributed by atoms with Crippen LogP contribution in [0.4, 0.5) is 9.93 Å². The zero-order chi connectivity index (χ0) is 16.2. The Balaban J connectivity index is 1.60. The van der Waals surface area contributed by atoms with Crippen molar-refractivity contribution in [2.45, 2.75) is 19.4 Å². The van der Waals surface area contributed by atoms with Crippen LogP contribution in [0.3, 0.4) is 0 Å². The van der Waals surface area contributed by atoms with Crippen molar-refractivity contribution in [2.24, 2.45) is 5.92 Å². The molecule has 2 amide bonds. The molecule has 1 aliphatic rings. The van der Waals surface area contributed by atoms with Gasteiger partial charge in [-0.3, -0.25) is 5.32 Å². The van der Waals surface area contributed by atoms with E-state index >= 15 is 0 Å². The average molecular weight is 329 g/mol. The first-order valence-electron chi connectivity index (χ1n) is 7.54. The number of rotatable bonds is 4. The molecule has 23 heavy (non-hydrogen) atoms. The van der Waals surface area contributed by atoms with Crippen LogP contribution in [0.25, 0.3) is 10.4 Å². The number of amides is 2. The van der Waals surface area contributed by atoms with Gasteiger partial charge in [-0.1, -0.05) is 47.8 Å². The molecule has 0 aliphatic heterocycles. The molecular weight excluding hydrogens is 310 g/mol. The number of hydrogen-bond acceptors (Lipinski definition) is 4. The fourth-order valence-electron chi connectivity index (χ4n) is 2.62. The molecule has 0 radical (unpaired) electrons. The molecule has 0 spiro atoms. The van der Waals surface area contributed by atoms with Crippen LogP contribution < -0.4 is 10.6 Å². The highest BCUT2D eigenvalue weighted by Crippen LogP contribution is 2.31. The van der Waals surface area contributed by atoms with Gasteiger partial charge in [-0.15, -0.1) is 0 Å². The maximum Gasteiger partial charge on any atom is 0.321 e. The SMILES string of the molecule is Cc1ccccc1-c1cnc(NC(=O)N[C@@H]2C=C[C@H](CO)C2)s1. The summed E-state index contributed by atoms with van der Waals surface area (Å²) in [7, 11) is 0. The normalized spacial score (nSPS) is 19.7. The van der Waals surface area contributed by atoms with Crippen LogP contribution in [0.15, 0.2) is 42.6 Å². The van der Waals surface area contributed by atoms with Gasteiger partial charge in [0.05, 0.1) is 4.88 Å². The summed E-state index contributed by atoms with van der Waals surface area (Å²) in [4.78, 5) is 17.3. The predicted molar refractivity (Wildman–Crippen MR) is 92.6 cm³/mol. The van der Waals surface area contributed by atoms with Crippen LogP contribution in [0, 0.1) is 12.8 Å². The Kier molecular flexibility index (Phi) is 4.73. The highest BCUT2D eigenvalue weighted by Gasteiger charge is 2.20. The van der Waals surface area contributed by atoms with Crippen LogP contribution in [0.1, 0.15) is 12.0 Å². The Morgan fingerprint density at radius 2 is 2.22 bits per heavy atom.